The highest BCUT2D eigenvalue weighted by Gasteiger charge is 2.31. The van der Waals surface area contributed by atoms with Gasteiger partial charge in [0.1, 0.15) is 0 Å². The van der Waals surface area contributed by atoms with Gasteiger partial charge in [0, 0.05) is 59.8 Å². The summed E-state index contributed by atoms with van der Waals surface area (Å²) in [5.41, 5.74) is 14.6. The molecule has 4 nitrogen and oxygen atoms in total. The molecule has 6 aromatic carbocycles. The van der Waals surface area contributed by atoms with Crippen molar-refractivity contribution in [3.05, 3.63) is 200 Å². The zero-order valence-electron chi connectivity index (χ0n) is 42.1. The smallest absolute Gasteiger partial charge is 0.194 e. The van der Waals surface area contributed by atoms with Crippen LogP contribution in [0.5, 0.6) is 0 Å². The Bertz CT molecular complexity index is 2310. The van der Waals surface area contributed by atoms with E-state index in [0.29, 0.717) is 48.4 Å². The lowest BCUT2D eigenvalue weighted by atomic mass is 9.83. The summed E-state index contributed by atoms with van der Waals surface area (Å²) in [5, 5.41) is 0. The Balaban J connectivity index is 1.19. The summed E-state index contributed by atoms with van der Waals surface area (Å²) in [6, 6.07) is 47.5. The van der Waals surface area contributed by atoms with Gasteiger partial charge in [-0.05, 0) is 128 Å². The summed E-state index contributed by atoms with van der Waals surface area (Å²) >= 11 is 0. The summed E-state index contributed by atoms with van der Waals surface area (Å²) in [7, 11) is 0. The normalized spacial score (nSPS) is 13.1. The molecule has 6 aromatic rings. The van der Waals surface area contributed by atoms with Gasteiger partial charge in [-0.15, -0.1) is 0 Å². The lowest BCUT2D eigenvalue weighted by Gasteiger charge is -2.29. The average molecular weight is 879 g/mol. The van der Waals surface area contributed by atoms with Crippen LogP contribution in [0.4, 0.5) is 11.4 Å². The SMILES string of the molecule is CC(C)(C)Cc1ccc(CN(Cc2ccc(CC(C)(C)C)cc2)c2ccc3c(c2)C(=O)c2ccc(N(Cc4ccc(CC(C)(C)C)cc4)Cc4ccc(CC(C)(C)C)cc4)cc2C3=O)cc1. The molecule has 0 heterocycles. The van der Waals surface area contributed by atoms with Crippen molar-refractivity contribution < 1.29 is 9.59 Å². The van der Waals surface area contributed by atoms with Crippen molar-refractivity contribution >= 4 is 22.9 Å². The van der Waals surface area contributed by atoms with Gasteiger partial charge in [0.15, 0.2) is 11.6 Å². The van der Waals surface area contributed by atoms with E-state index in [-0.39, 0.29) is 33.2 Å². The van der Waals surface area contributed by atoms with Crippen molar-refractivity contribution in [1.29, 1.82) is 0 Å². The highest BCUT2D eigenvalue weighted by molar-refractivity contribution is 6.29. The third kappa shape index (κ3) is 13.2. The number of ketones is 2. The van der Waals surface area contributed by atoms with Crippen LogP contribution in [0.15, 0.2) is 133 Å². The van der Waals surface area contributed by atoms with Crippen molar-refractivity contribution in [3.63, 3.8) is 0 Å². The molecule has 344 valence electrons. The standard InChI is InChI=1S/C62H74N2O2/c1-59(2,3)35-43-13-21-47(22-14-43)39-63(40-48-23-15-44(16-24-48)36-60(4,5)6)51-29-31-53-55(33-51)57(65)54-32-30-52(34-56(54)58(53)66)64(41-49-25-17-45(18-26-49)37-61(7,8)9)42-50-27-19-46(20-28-50)38-62(10,11)12/h13-34H,35-42H2,1-12H3. The van der Waals surface area contributed by atoms with Gasteiger partial charge in [0.05, 0.1) is 0 Å². The van der Waals surface area contributed by atoms with Crippen LogP contribution in [0.2, 0.25) is 0 Å². The first kappa shape index (κ1) is 48.2. The lowest BCUT2D eigenvalue weighted by Crippen LogP contribution is -2.26. The number of nitrogens with zero attached hydrogens (tertiary/aromatic N) is 2. The van der Waals surface area contributed by atoms with Crippen molar-refractivity contribution in [2.45, 2.75) is 135 Å². The minimum atomic E-state index is -0.110. The van der Waals surface area contributed by atoms with Gasteiger partial charge >= 0.3 is 0 Å². The highest BCUT2D eigenvalue weighted by Crippen LogP contribution is 2.35. The maximum Gasteiger partial charge on any atom is 0.194 e. The molecular formula is C62H74N2O2. The predicted octanol–water partition coefficient (Wildman–Crippen LogP) is 15.2. The quantitative estimate of drug-likeness (QED) is 0.109. The maximum absolute atomic E-state index is 14.6. The van der Waals surface area contributed by atoms with Gasteiger partial charge < -0.3 is 9.80 Å². The lowest BCUT2D eigenvalue weighted by molar-refractivity contribution is 0.0979. The monoisotopic (exact) mass is 879 g/mol. The molecule has 0 radical (unpaired) electrons. The Morgan fingerprint density at radius 3 is 0.712 bits per heavy atom. The molecule has 1 aliphatic rings. The molecule has 0 saturated carbocycles. The minimum absolute atomic E-state index is 0.110. The van der Waals surface area contributed by atoms with Gasteiger partial charge in [-0.25, -0.2) is 0 Å². The molecular weight excluding hydrogens is 805 g/mol. The third-order valence-corrected chi connectivity index (χ3v) is 12.2. The zero-order chi connectivity index (χ0) is 47.6. The molecule has 4 heteroatoms. The van der Waals surface area contributed by atoms with Crippen LogP contribution in [0.3, 0.4) is 0 Å². The molecule has 0 bridgehead atoms. The molecule has 0 unspecified atom stereocenters. The highest BCUT2D eigenvalue weighted by atomic mass is 16.1. The van der Waals surface area contributed by atoms with Crippen LogP contribution >= 0.6 is 0 Å². The number of anilines is 2. The maximum atomic E-state index is 14.6. The zero-order valence-corrected chi connectivity index (χ0v) is 42.1. The van der Waals surface area contributed by atoms with Crippen LogP contribution in [-0.4, -0.2) is 11.6 Å². The van der Waals surface area contributed by atoms with E-state index in [4.69, 9.17) is 0 Å². The number of carbonyl (C=O) groups excluding carboxylic acids is 2. The van der Waals surface area contributed by atoms with E-state index in [1.165, 1.54) is 44.5 Å². The second-order valence-electron chi connectivity index (χ2n) is 24.0. The first-order valence-corrected chi connectivity index (χ1v) is 24.1. The van der Waals surface area contributed by atoms with E-state index < -0.39 is 0 Å². The summed E-state index contributed by atoms with van der Waals surface area (Å²) in [4.78, 5) is 33.8. The van der Waals surface area contributed by atoms with Crippen LogP contribution in [0, 0.1) is 21.7 Å². The van der Waals surface area contributed by atoms with E-state index in [2.05, 4.69) is 190 Å². The van der Waals surface area contributed by atoms with Crippen molar-refractivity contribution in [3.8, 4) is 0 Å². The largest absolute Gasteiger partial charge is 0.363 e. The van der Waals surface area contributed by atoms with E-state index in [1.807, 2.05) is 36.4 Å². The fourth-order valence-corrected chi connectivity index (χ4v) is 9.38. The van der Waals surface area contributed by atoms with E-state index in [9.17, 15) is 9.59 Å². The van der Waals surface area contributed by atoms with Crippen LogP contribution in [-0.2, 0) is 51.9 Å². The van der Waals surface area contributed by atoms with Gasteiger partial charge in [-0.3, -0.25) is 9.59 Å². The molecule has 66 heavy (non-hydrogen) atoms. The van der Waals surface area contributed by atoms with Crippen molar-refractivity contribution in [2.75, 3.05) is 9.80 Å². The molecule has 7 rings (SSSR count). The second-order valence-corrected chi connectivity index (χ2v) is 24.0. The number of hydrogen-bond donors (Lipinski definition) is 0. The fraction of sp³-hybridized carbons (Fsp3) is 0.387. The van der Waals surface area contributed by atoms with Crippen LogP contribution in [0.1, 0.15) is 159 Å². The van der Waals surface area contributed by atoms with Gasteiger partial charge in [0.2, 0.25) is 0 Å². The van der Waals surface area contributed by atoms with Crippen molar-refractivity contribution in [2.24, 2.45) is 21.7 Å². The molecule has 0 aromatic heterocycles. The second kappa shape index (κ2) is 19.2. The number of fused-ring (bicyclic) bond motifs is 2. The molecule has 0 aliphatic heterocycles. The minimum Gasteiger partial charge on any atom is -0.363 e. The molecule has 0 fully saturated rings. The fourth-order valence-electron chi connectivity index (χ4n) is 9.38. The number of carbonyl (C=O) groups is 2. The van der Waals surface area contributed by atoms with Crippen LogP contribution in [0.25, 0.3) is 0 Å². The predicted molar refractivity (Wildman–Crippen MR) is 278 cm³/mol. The molecule has 0 amide bonds. The van der Waals surface area contributed by atoms with Crippen LogP contribution < -0.4 is 9.80 Å². The molecule has 0 N–H and O–H groups in total. The van der Waals surface area contributed by atoms with Gasteiger partial charge in [0.25, 0.3) is 0 Å². The Hall–Kier alpha value is -5.74. The average Bonchev–Trinajstić information content (AvgIpc) is 3.22. The molecule has 1 aliphatic carbocycles. The Morgan fingerprint density at radius 2 is 0.500 bits per heavy atom. The Morgan fingerprint density at radius 1 is 0.288 bits per heavy atom. The Kier molecular flexibility index (Phi) is 14.0. The van der Waals surface area contributed by atoms with E-state index in [0.717, 1.165) is 37.1 Å². The first-order chi connectivity index (χ1) is 30.9. The molecule has 0 atom stereocenters. The topological polar surface area (TPSA) is 40.6 Å². The van der Waals surface area contributed by atoms with E-state index >= 15 is 0 Å². The first-order valence-electron chi connectivity index (χ1n) is 24.1. The third-order valence-electron chi connectivity index (χ3n) is 12.2. The number of rotatable bonds is 14. The van der Waals surface area contributed by atoms with Crippen molar-refractivity contribution in [1.82, 2.24) is 0 Å². The van der Waals surface area contributed by atoms with E-state index in [1.54, 1.807) is 0 Å². The summed E-state index contributed by atoms with van der Waals surface area (Å²) in [6.45, 7) is 29.9. The Labute approximate surface area is 397 Å². The number of benzene rings is 6. The summed E-state index contributed by atoms with van der Waals surface area (Å²) < 4.78 is 0. The molecule has 0 saturated heterocycles. The molecule has 0 spiro atoms. The van der Waals surface area contributed by atoms with Gasteiger partial charge in [-0.1, -0.05) is 180 Å². The number of hydrogen-bond acceptors (Lipinski definition) is 4. The summed E-state index contributed by atoms with van der Waals surface area (Å²) in [5.74, 6) is -0.220. The summed E-state index contributed by atoms with van der Waals surface area (Å²) in [6.07, 6.45) is 4.04. The van der Waals surface area contributed by atoms with Gasteiger partial charge in [-0.2, -0.15) is 0 Å².